The maximum Gasteiger partial charge on any atom is 0.240 e. The molecule has 1 aliphatic rings. The Hall–Kier alpha value is -0.870. The number of nitrogens with two attached hydrogens (primary N) is 1. The summed E-state index contributed by atoms with van der Waals surface area (Å²) in [6.45, 7) is 3.93. The van der Waals surface area contributed by atoms with E-state index in [4.69, 9.17) is 5.73 Å². The Bertz CT molecular complexity index is 382. The van der Waals surface area contributed by atoms with Crippen molar-refractivity contribution in [2.45, 2.75) is 44.7 Å². The lowest BCUT2D eigenvalue weighted by Gasteiger charge is -2.26. The zero-order valence-electron chi connectivity index (χ0n) is 10.4. The van der Waals surface area contributed by atoms with Crippen LogP contribution < -0.4 is 11.1 Å². The molecule has 3 nitrogen and oxygen atoms in total. The lowest BCUT2D eigenvalue weighted by Crippen LogP contribution is -2.53. The van der Waals surface area contributed by atoms with Crippen molar-refractivity contribution in [1.29, 1.82) is 0 Å². The Kier molecular flexibility index (Phi) is 3.54. The van der Waals surface area contributed by atoms with Gasteiger partial charge in [0.1, 0.15) is 0 Å². The van der Waals surface area contributed by atoms with Crippen molar-refractivity contribution in [3.8, 4) is 0 Å². The number of carbonyl (C=O) groups is 1. The van der Waals surface area contributed by atoms with E-state index in [0.29, 0.717) is 5.92 Å². The molecule has 0 radical (unpaired) electrons. The summed E-state index contributed by atoms with van der Waals surface area (Å²) in [5.41, 5.74) is 5.41. The highest BCUT2D eigenvalue weighted by molar-refractivity contribution is 7.10. The molecule has 94 valence electrons. The largest absolute Gasteiger partial charge is 0.347 e. The molecular formula is C13H20N2OS. The van der Waals surface area contributed by atoms with Crippen LogP contribution in [0, 0.1) is 5.92 Å². The number of rotatable bonds is 5. The Morgan fingerprint density at radius 2 is 2.41 bits per heavy atom. The predicted molar refractivity (Wildman–Crippen MR) is 70.8 cm³/mol. The zero-order chi connectivity index (χ0) is 12.5. The monoisotopic (exact) mass is 252 g/mol. The molecule has 1 aromatic rings. The van der Waals surface area contributed by atoms with Crippen molar-refractivity contribution in [2.24, 2.45) is 11.7 Å². The number of nitrogens with one attached hydrogen (secondary N) is 1. The highest BCUT2D eigenvalue weighted by atomic mass is 32.1. The van der Waals surface area contributed by atoms with Crippen LogP contribution in [-0.4, -0.2) is 11.4 Å². The fraction of sp³-hybridized carbons (Fsp3) is 0.615. The predicted octanol–water partition coefficient (Wildman–Crippen LogP) is 2.44. The smallest absolute Gasteiger partial charge is 0.240 e. The highest BCUT2D eigenvalue weighted by Gasteiger charge is 2.44. The second kappa shape index (κ2) is 4.78. The third-order valence-corrected chi connectivity index (χ3v) is 4.50. The molecule has 2 unspecified atom stereocenters. The van der Waals surface area contributed by atoms with Crippen LogP contribution in [0.15, 0.2) is 17.5 Å². The lowest BCUT2D eigenvalue weighted by molar-refractivity contribution is -0.127. The van der Waals surface area contributed by atoms with Crippen molar-refractivity contribution >= 4 is 17.2 Å². The van der Waals surface area contributed by atoms with Gasteiger partial charge in [0.2, 0.25) is 5.91 Å². The molecule has 0 aromatic carbocycles. The number of thiophene rings is 1. The topological polar surface area (TPSA) is 55.1 Å². The van der Waals surface area contributed by atoms with Crippen molar-refractivity contribution in [3.63, 3.8) is 0 Å². The second-order valence-corrected chi connectivity index (χ2v) is 5.99. The van der Waals surface area contributed by atoms with Gasteiger partial charge >= 0.3 is 0 Å². The average Bonchev–Trinajstić information content (AvgIpc) is 3.03. The minimum absolute atomic E-state index is 0.0137. The third kappa shape index (κ3) is 2.69. The van der Waals surface area contributed by atoms with Gasteiger partial charge < -0.3 is 11.1 Å². The van der Waals surface area contributed by atoms with Crippen molar-refractivity contribution in [1.82, 2.24) is 5.32 Å². The van der Waals surface area contributed by atoms with E-state index in [9.17, 15) is 4.79 Å². The summed E-state index contributed by atoms with van der Waals surface area (Å²) < 4.78 is 0. The molecule has 1 heterocycles. The molecule has 0 bridgehead atoms. The summed E-state index contributed by atoms with van der Waals surface area (Å²) in [6.07, 6.45) is 3.05. The normalized spacial score (nSPS) is 20.6. The summed E-state index contributed by atoms with van der Waals surface area (Å²) in [6, 6.07) is 4.17. The van der Waals surface area contributed by atoms with E-state index in [2.05, 4.69) is 18.3 Å². The highest BCUT2D eigenvalue weighted by Crippen LogP contribution is 2.38. The van der Waals surface area contributed by atoms with Gasteiger partial charge in [-0.25, -0.2) is 0 Å². The first kappa shape index (κ1) is 12.6. The quantitative estimate of drug-likeness (QED) is 0.845. The van der Waals surface area contributed by atoms with Gasteiger partial charge in [-0.1, -0.05) is 13.0 Å². The molecule has 0 spiro atoms. The summed E-state index contributed by atoms with van der Waals surface area (Å²) in [7, 11) is 0. The van der Waals surface area contributed by atoms with Crippen LogP contribution in [-0.2, 0) is 4.79 Å². The molecule has 1 aromatic heterocycles. The minimum Gasteiger partial charge on any atom is -0.347 e. The van der Waals surface area contributed by atoms with Crippen molar-refractivity contribution in [3.05, 3.63) is 22.4 Å². The van der Waals surface area contributed by atoms with E-state index in [0.717, 1.165) is 19.3 Å². The molecule has 0 aliphatic heterocycles. The lowest BCUT2D eigenvalue weighted by atomic mass is 9.95. The van der Waals surface area contributed by atoms with E-state index in [1.807, 2.05) is 18.4 Å². The molecule has 4 heteroatoms. The van der Waals surface area contributed by atoms with Gasteiger partial charge in [-0.3, -0.25) is 4.79 Å². The van der Waals surface area contributed by atoms with Gasteiger partial charge in [-0.05, 0) is 43.6 Å². The maximum atomic E-state index is 12.2. The molecule has 1 fully saturated rings. The van der Waals surface area contributed by atoms with Gasteiger partial charge in [0.05, 0.1) is 11.6 Å². The Balaban J connectivity index is 2.01. The third-order valence-electron chi connectivity index (χ3n) is 3.51. The number of hydrogen-bond donors (Lipinski definition) is 2. The molecular weight excluding hydrogens is 232 g/mol. The van der Waals surface area contributed by atoms with E-state index in [1.54, 1.807) is 11.3 Å². The number of amides is 1. The van der Waals surface area contributed by atoms with Gasteiger partial charge in [0.15, 0.2) is 0 Å². The first-order valence-electron chi connectivity index (χ1n) is 6.19. The molecule has 1 aliphatic carbocycles. The fourth-order valence-electron chi connectivity index (χ4n) is 2.05. The molecule has 2 rings (SSSR count). The Morgan fingerprint density at radius 1 is 1.71 bits per heavy atom. The zero-order valence-corrected chi connectivity index (χ0v) is 11.2. The first-order chi connectivity index (χ1) is 8.05. The molecule has 3 N–H and O–H groups in total. The second-order valence-electron chi connectivity index (χ2n) is 5.01. The average molecular weight is 252 g/mol. The number of carbonyl (C=O) groups excluding carboxylic acids is 1. The molecule has 0 saturated heterocycles. The van der Waals surface area contributed by atoms with Crippen LogP contribution in [0.25, 0.3) is 0 Å². The molecule has 1 amide bonds. The van der Waals surface area contributed by atoms with Crippen LogP contribution >= 0.6 is 11.3 Å². The maximum absolute atomic E-state index is 12.2. The SMILES string of the molecule is CCC(NC(=O)C(C)(N)C1CC1)c1cccs1. The first-order valence-corrected chi connectivity index (χ1v) is 7.07. The van der Waals surface area contributed by atoms with Crippen LogP contribution in [0.2, 0.25) is 0 Å². The molecule has 2 atom stereocenters. The van der Waals surface area contributed by atoms with Gasteiger partial charge in [-0.2, -0.15) is 0 Å². The van der Waals surface area contributed by atoms with Crippen molar-refractivity contribution in [2.75, 3.05) is 0 Å². The molecule has 1 saturated carbocycles. The summed E-state index contributed by atoms with van der Waals surface area (Å²) in [5.74, 6) is 0.351. The van der Waals surface area contributed by atoms with E-state index in [1.165, 1.54) is 4.88 Å². The van der Waals surface area contributed by atoms with Crippen LogP contribution in [0.3, 0.4) is 0 Å². The van der Waals surface area contributed by atoms with Crippen molar-refractivity contribution < 1.29 is 4.79 Å². The van der Waals surface area contributed by atoms with Crippen LogP contribution in [0.4, 0.5) is 0 Å². The van der Waals surface area contributed by atoms with Gasteiger partial charge in [0.25, 0.3) is 0 Å². The van der Waals surface area contributed by atoms with Gasteiger partial charge in [0, 0.05) is 4.88 Å². The minimum atomic E-state index is -0.704. The summed E-state index contributed by atoms with van der Waals surface area (Å²) >= 11 is 1.68. The van der Waals surface area contributed by atoms with E-state index in [-0.39, 0.29) is 11.9 Å². The molecule has 17 heavy (non-hydrogen) atoms. The fourth-order valence-corrected chi connectivity index (χ4v) is 2.91. The van der Waals surface area contributed by atoms with E-state index < -0.39 is 5.54 Å². The van der Waals surface area contributed by atoms with E-state index >= 15 is 0 Å². The standard InChI is InChI=1S/C13H20N2OS/c1-3-10(11-5-4-8-17-11)15-12(16)13(2,14)9-6-7-9/h4-5,8-10H,3,6-7,14H2,1-2H3,(H,15,16). The van der Waals surface area contributed by atoms with Crippen LogP contribution in [0.5, 0.6) is 0 Å². The van der Waals surface area contributed by atoms with Crippen LogP contribution in [0.1, 0.15) is 44.0 Å². The number of hydrogen-bond acceptors (Lipinski definition) is 3. The van der Waals surface area contributed by atoms with Gasteiger partial charge in [-0.15, -0.1) is 11.3 Å². The Labute approximate surface area is 106 Å². The Morgan fingerprint density at radius 3 is 2.88 bits per heavy atom. The summed E-state index contributed by atoms with van der Waals surface area (Å²) in [5, 5.41) is 5.11. The summed E-state index contributed by atoms with van der Waals surface area (Å²) in [4.78, 5) is 13.4.